The molecule has 3 heterocycles. The molecule has 3 aromatic heterocycles. The topological polar surface area (TPSA) is 22.2 Å². The smallest absolute Gasteiger partial charge is 0.146 e. The Labute approximate surface area is 209 Å². The highest BCUT2D eigenvalue weighted by atomic mass is 79.9. The van der Waals surface area contributed by atoms with Crippen LogP contribution in [-0.4, -0.2) is 14.0 Å². The van der Waals surface area contributed by atoms with E-state index in [-0.39, 0.29) is 0 Å². The van der Waals surface area contributed by atoms with E-state index in [0.717, 1.165) is 32.2 Å². The van der Waals surface area contributed by atoms with Gasteiger partial charge in [-0.05, 0) is 53.9 Å². The maximum Gasteiger partial charge on any atom is 0.146 e. The second-order valence-corrected chi connectivity index (χ2v) is 9.91. The van der Waals surface area contributed by atoms with Gasteiger partial charge in [0.2, 0.25) is 0 Å². The second-order valence-electron chi connectivity index (χ2n) is 8.99. The quantitative estimate of drug-likeness (QED) is 0.202. The first kappa shape index (κ1) is 19.2. The van der Waals surface area contributed by atoms with Crippen LogP contribution in [0.1, 0.15) is 0 Å². The van der Waals surface area contributed by atoms with Gasteiger partial charge in [0.05, 0.1) is 27.6 Å². The summed E-state index contributed by atoms with van der Waals surface area (Å²) in [6.07, 6.45) is 0. The number of halogens is 1. The number of pyridine rings is 1. The third kappa shape index (κ3) is 2.52. The van der Waals surface area contributed by atoms with Crippen LogP contribution >= 0.6 is 15.9 Å². The van der Waals surface area contributed by atoms with Crippen LogP contribution in [0.25, 0.3) is 65.8 Å². The molecule has 0 aliphatic rings. The fourth-order valence-corrected chi connectivity index (χ4v) is 6.08. The number of aromatic nitrogens is 3. The first-order valence-corrected chi connectivity index (χ1v) is 12.5. The Morgan fingerprint density at radius 3 is 2.20 bits per heavy atom. The fraction of sp³-hybridized carbons (Fsp3) is 0. The van der Waals surface area contributed by atoms with Crippen molar-refractivity contribution < 1.29 is 0 Å². The van der Waals surface area contributed by atoms with E-state index in [1.807, 2.05) is 0 Å². The summed E-state index contributed by atoms with van der Waals surface area (Å²) in [6, 6.07) is 38.9. The second kappa shape index (κ2) is 6.94. The molecule has 0 saturated heterocycles. The summed E-state index contributed by atoms with van der Waals surface area (Å²) in [5.74, 6) is 0. The number of para-hydroxylation sites is 4. The zero-order valence-corrected chi connectivity index (χ0v) is 20.2. The van der Waals surface area contributed by atoms with Crippen LogP contribution < -0.4 is 0 Å². The van der Waals surface area contributed by atoms with Gasteiger partial charge in [-0.2, -0.15) is 0 Å². The first-order chi connectivity index (χ1) is 17.3. The molecule has 0 radical (unpaired) electrons. The lowest BCUT2D eigenvalue weighted by Gasteiger charge is -2.12. The third-order valence-corrected chi connectivity index (χ3v) is 7.62. The van der Waals surface area contributed by atoms with Gasteiger partial charge in [-0.1, -0.05) is 76.6 Å². The molecule has 0 fully saturated rings. The lowest BCUT2D eigenvalue weighted by atomic mass is 10.0. The molecule has 3 nitrogen and oxygen atoms in total. The summed E-state index contributed by atoms with van der Waals surface area (Å²) in [4.78, 5) is 5.12. The van der Waals surface area contributed by atoms with Crippen LogP contribution in [0, 0.1) is 0 Å². The van der Waals surface area contributed by atoms with Gasteiger partial charge < -0.3 is 4.57 Å². The van der Waals surface area contributed by atoms with Gasteiger partial charge in [-0.25, -0.2) is 4.98 Å². The van der Waals surface area contributed by atoms with E-state index < -0.39 is 0 Å². The minimum Gasteiger partial charge on any atom is -0.309 e. The van der Waals surface area contributed by atoms with Crippen LogP contribution in [0.2, 0.25) is 0 Å². The number of hydrogen-bond donors (Lipinski definition) is 0. The normalized spacial score (nSPS) is 12.1. The highest BCUT2D eigenvalue weighted by Crippen LogP contribution is 2.41. The molecule has 35 heavy (non-hydrogen) atoms. The monoisotopic (exact) mass is 511 g/mol. The Bertz CT molecular complexity index is 2120. The predicted octanol–water partition coefficient (Wildman–Crippen LogP) is 8.65. The van der Waals surface area contributed by atoms with Crippen molar-refractivity contribution in [2.45, 2.75) is 0 Å². The van der Waals surface area contributed by atoms with Gasteiger partial charge >= 0.3 is 0 Å². The largest absolute Gasteiger partial charge is 0.309 e. The van der Waals surface area contributed by atoms with E-state index in [4.69, 9.17) is 4.98 Å². The molecule has 0 spiro atoms. The molecule has 5 aromatic carbocycles. The number of imidazole rings is 1. The van der Waals surface area contributed by atoms with Crippen molar-refractivity contribution in [2.24, 2.45) is 0 Å². The van der Waals surface area contributed by atoms with Gasteiger partial charge in [-0.3, -0.25) is 4.40 Å². The first-order valence-electron chi connectivity index (χ1n) is 11.7. The van der Waals surface area contributed by atoms with Gasteiger partial charge in [-0.15, -0.1) is 0 Å². The number of hydrogen-bond acceptors (Lipinski definition) is 1. The van der Waals surface area contributed by atoms with E-state index in [2.05, 4.69) is 134 Å². The van der Waals surface area contributed by atoms with Gasteiger partial charge in [0.15, 0.2) is 0 Å². The zero-order valence-electron chi connectivity index (χ0n) is 18.6. The van der Waals surface area contributed by atoms with E-state index in [1.54, 1.807) is 0 Å². The predicted molar refractivity (Wildman–Crippen MR) is 150 cm³/mol. The molecule has 164 valence electrons. The lowest BCUT2D eigenvalue weighted by molar-refractivity contribution is 1.18. The highest BCUT2D eigenvalue weighted by Gasteiger charge is 2.20. The fourth-order valence-electron chi connectivity index (χ4n) is 5.72. The molecular weight excluding hydrogens is 494 g/mol. The Balaban J connectivity index is 1.73. The van der Waals surface area contributed by atoms with E-state index >= 15 is 0 Å². The minimum absolute atomic E-state index is 0.985. The molecular formula is C31H18BrN3. The molecule has 8 rings (SSSR count). The van der Waals surface area contributed by atoms with Gasteiger partial charge in [0.25, 0.3) is 0 Å². The molecule has 0 atom stereocenters. The number of benzene rings is 5. The van der Waals surface area contributed by atoms with Crippen LogP contribution in [0.3, 0.4) is 0 Å². The van der Waals surface area contributed by atoms with Crippen molar-refractivity contribution in [2.75, 3.05) is 0 Å². The molecule has 0 unspecified atom stereocenters. The Morgan fingerprint density at radius 2 is 1.31 bits per heavy atom. The summed E-state index contributed by atoms with van der Waals surface area (Å²) < 4.78 is 5.80. The molecule has 0 bridgehead atoms. The molecule has 0 aliphatic heterocycles. The molecule has 8 aromatic rings. The summed E-state index contributed by atoms with van der Waals surface area (Å²) in [7, 11) is 0. The van der Waals surface area contributed by atoms with E-state index in [1.165, 1.54) is 38.1 Å². The molecule has 0 amide bonds. The van der Waals surface area contributed by atoms with Crippen molar-refractivity contribution in [3.8, 4) is 5.69 Å². The summed E-state index contributed by atoms with van der Waals surface area (Å²) in [5.41, 5.74) is 7.87. The van der Waals surface area contributed by atoms with Crippen LogP contribution in [0.4, 0.5) is 0 Å². The van der Waals surface area contributed by atoms with Crippen molar-refractivity contribution in [1.82, 2.24) is 14.0 Å². The summed E-state index contributed by atoms with van der Waals surface area (Å²) >= 11 is 3.69. The van der Waals surface area contributed by atoms with E-state index in [9.17, 15) is 0 Å². The van der Waals surface area contributed by atoms with E-state index in [0.29, 0.717) is 0 Å². The molecule has 4 heteroatoms. The third-order valence-electron chi connectivity index (χ3n) is 7.12. The standard InChI is InChI=1S/C31H18BrN3/c32-19-14-15-21-22-16-17-28-29(23-10-4-6-12-26(23)34(28)20-8-2-1-3-9-20)30(22)35-27-13-7-5-11-25(27)33-31(35)24(21)18-19/h1-18H. The number of fused-ring (bicyclic) bond motifs is 12. The van der Waals surface area contributed by atoms with Crippen molar-refractivity contribution in [3.05, 3.63) is 114 Å². The van der Waals surface area contributed by atoms with Crippen LogP contribution in [-0.2, 0) is 0 Å². The number of rotatable bonds is 1. The average Bonchev–Trinajstić information content (AvgIpc) is 3.45. The molecule has 0 aliphatic carbocycles. The SMILES string of the molecule is Brc1ccc2c(c1)c1nc3ccccc3n1c1c2ccc2c1c1ccccc1n2-c1ccccc1. The van der Waals surface area contributed by atoms with Crippen molar-refractivity contribution in [1.29, 1.82) is 0 Å². The minimum atomic E-state index is 0.985. The zero-order chi connectivity index (χ0) is 23.1. The average molecular weight is 512 g/mol. The summed E-state index contributed by atoms with van der Waals surface area (Å²) in [5, 5.41) is 6.08. The van der Waals surface area contributed by atoms with Crippen LogP contribution in [0.5, 0.6) is 0 Å². The highest BCUT2D eigenvalue weighted by molar-refractivity contribution is 9.10. The summed E-state index contributed by atoms with van der Waals surface area (Å²) in [6.45, 7) is 0. The maximum absolute atomic E-state index is 5.12. The van der Waals surface area contributed by atoms with Crippen molar-refractivity contribution in [3.63, 3.8) is 0 Å². The van der Waals surface area contributed by atoms with Gasteiger partial charge in [0.1, 0.15) is 5.65 Å². The molecule has 0 N–H and O–H groups in total. The Kier molecular flexibility index (Phi) is 3.80. The van der Waals surface area contributed by atoms with Crippen molar-refractivity contribution >= 4 is 76.1 Å². The van der Waals surface area contributed by atoms with Gasteiger partial charge in [0, 0.05) is 31.7 Å². The number of nitrogens with zero attached hydrogens (tertiary/aromatic N) is 3. The van der Waals surface area contributed by atoms with Crippen LogP contribution in [0.15, 0.2) is 114 Å². The Morgan fingerprint density at radius 1 is 0.571 bits per heavy atom. The lowest BCUT2D eigenvalue weighted by Crippen LogP contribution is -1.95. The Hall–Kier alpha value is -4.15. The maximum atomic E-state index is 5.12. The molecule has 0 saturated carbocycles.